The highest BCUT2D eigenvalue weighted by Crippen LogP contribution is 2.22. The van der Waals surface area contributed by atoms with Gasteiger partial charge in [-0.1, -0.05) is 24.3 Å². The molecule has 1 unspecified atom stereocenters. The van der Waals surface area contributed by atoms with E-state index in [1.165, 1.54) is 35.4 Å². The molecule has 0 bridgehead atoms. The molecule has 1 aromatic heterocycles. The summed E-state index contributed by atoms with van der Waals surface area (Å²) in [5.74, 6) is -0.814. The summed E-state index contributed by atoms with van der Waals surface area (Å²) in [6.45, 7) is 1.26. The third-order valence-corrected chi connectivity index (χ3v) is 4.73. The highest BCUT2D eigenvalue weighted by atomic mass is 19.1. The van der Waals surface area contributed by atoms with Gasteiger partial charge in [-0.2, -0.15) is 0 Å². The standard InChI is InChI=1S/C20H18FN3O2/c21-13-5-6-15-16(10-19(25)24-17(15)9-13)20(26)23-11-18-14-4-2-1-3-12(14)7-8-22-18/h1-6,9-10,18,22H,7-8,11H2,(H,23,26)(H,24,25). The number of halogens is 1. The Labute approximate surface area is 149 Å². The van der Waals surface area contributed by atoms with E-state index in [1.807, 2.05) is 12.1 Å². The van der Waals surface area contributed by atoms with E-state index in [9.17, 15) is 14.0 Å². The Morgan fingerprint density at radius 3 is 2.92 bits per heavy atom. The molecule has 1 atom stereocenters. The smallest absolute Gasteiger partial charge is 0.252 e. The quantitative estimate of drug-likeness (QED) is 0.678. The lowest BCUT2D eigenvalue weighted by molar-refractivity contribution is 0.0950. The van der Waals surface area contributed by atoms with Gasteiger partial charge in [0.15, 0.2) is 0 Å². The summed E-state index contributed by atoms with van der Waals surface area (Å²) in [6.07, 6.45) is 0.963. The Morgan fingerprint density at radius 2 is 2.04 bits per heavy atom. The molecule has 4 rings (SSSR count). The molecule has 132 valence electrons. The van der Waals surface area contributed by atoms with E-state index < -0.39 is 11.4 Å². The van der Waals surface area contributed by atoms with E-state index in [0.29, 0.717) is 17.4 Å². The van der Waals surface area contributed by atoms with Crippen molar-refractivity contribution < 1.29 is 9.18 Å². The summed E-state index contributed by atoms with van der Waals surface area (Å²) in [4.78, 5) is 27.0. The van der Waals surface area contributed by atoms with Crippen LogP contribution in [0.5, 0.6) is 0 Å². The molecule has 3 aromatic rings. The van der Waals surface area contributed by atoms with Crippen molar-refractivity contribution in [2.24, 2.45) is 0 Å². The number of pyridine rings is 1. The van der Waals surface area contributed by atoms with Gasteiger partial charge in [0.25, 0.3) is 5.91 Å². The average Bonchev–Trinajstić information content (AvgIpc) is 2.65. The molecule has 5 nitrogen and oxygen atoms in total. The molecule has 1 aliphatic rings. The van der Waals surface area contributed by atoms with Gasteiger partial charge >= 0.3 is 0 Å². The van der Waals surface area contributed by atoms with Gasteiger partial charge in [-0.15, -0.1) is 0 Å². The fraction of sp³-hybridized carbons (Fsp3) is 0.200. The normalized spacial score (nSPS) is 16.3. The summed E-state index contributed by atoms with van der Waals surface area (Å²) in [5, 5.41) is 6.82. The van der Waals surface area contributed by atoms with Crippen LogP contribution in [0.4, 0.5) is 4.39 Å². The van der Waals surface area contributed by atoms with Crippen LogP contribution in [0.3, 0.4) is 0 Å². The number of aromatic nitrogens is 1. The van der Waals surface area contributed by atoms with Crippen LogP contribution in [-0.4, -0.2) is 24.0 Å². The van der Waals surface area contributed by atoms with Crippen molar-refractivity contribution in [1.82, 2.24) is 15.6 Å². The summed E-state index contributed by atoms with van der Waals surface area (Å²) in [5.41, 5.74) is 2.57. The Hall–Kier alpha value is -2.99. The van der Waals surface area contributed by atoms with Crippen LogP contribution >= 0.6 is 0 Å². The first-order chi connectivity index (χ1) is 12.6. The molecule has 0 spiro atoms. The van der Waals surface area contributed by atoms with E-state index in [0.717, 1.165) is 13.0 Å². The van der Waals surface area contributed by atoms with Gasteiger partial charge in [-0.3, -0.25) is 9.59 Å². The van der Waals surface area contributed by atoms with E-state index in [4.69, 9.17) is 0 Å². The Morgan fingerprint density at radius 1 is 1.19 bits per heavy atom. The van der Waals surface area contributed by atoms with E-state index >= 15 is 0 Å². The monoisotopic (exact) mass is 351 g/mol. The van der Waals surface area contributed by atoms with Gasteiger partial charge in [0.1, 0.15) is 5.82 Å². The molecular formula is C20H18FN3O2. The first kappa shape index (κ1) is 16.5. The summed E-state index contributed by atoms with van der Waals surface area (Å²) >= 11 is 0. The summed E-state index contributed by atoms with van der Waals surface area (Å²) < 4.78 is 13.4. The molecule has 1 aliphatic heterocycles. The summed E-state index contributed by atoms with van der Waals surface area (Å²) in [6, 6.07) is 13.4. The zero-order chi connectivity index (χ0) is 18.1. The van der Waals surface area contributed by atoms with Crippen LogP contribution in [0.15, 0.2) is 53.3 Å². The molecule has 0 fully saturated rings. The van der Waals surface area contributed by atoms with Crippen LogP contribution in [0.2, 0.25) is 0 Å². The number of rotatable bonds is 3. The van der Waals surface area contributed by atoms with Gasteiger partial charge in [0, 0.05) is 24.0 Å². The number of fused-ring (bicyclic) bond motifs is 2. The minimum atomic E-state index is -0.464. The number of benzene rings is 2. The number of carbonyl (C=O) groups excluding carboxylic acids is 1. The third kappa shape index (κ3) is 3.11. The Bertz CT molecular complexity index is 1040. The molecule has 0 saturated heterocycles. The lowest BCUT2D eigenvalue weighted by Gasteiger charge is -2.27. The number of amides is 1. The van der Waals surface area contributed by atoms with Crippen LogP contribution in [0, 0.1) is 5.82 Å². The number of hydrogen-bond donors (Lipinski definition) is 3. The largest absolute Gasteiger partial charge is 0.350 e. The van der Waals surface area contributed by atoms with Crippen LogP contribution in [0.1, 0.15) is 27.5 Å². The highest BCUT2D eigenvalue weighted by Gasteiger charge is 2.20. The molecule has 26 heavy (non-hydrogen) atoms. The van der Waals surface area contributed by atoms with Gasteiger partial charge < -0.3 is 15.6 Å². The summed E-state index contributed by atoms with van der Waals surface area (Å²) in [7, 11) is 0. The lowest BCUT2D eigenvalue weighted by Crippen LogP contribution is -2.39. The highest BCUT2D eigenvalue weighted by molar-refractivity contribution is 6.05. The van der Waals surface area contributed by atoms with Crippen molar-refractivity contribution in [2.75, 3.05) is 13.1 Å². The van der Waals surface area contributed by atoms with Crippen molar-refractivity contribution in [1.29, 1.82) is 0 Å². The number of nitrogens with one attached hydrogen (secondary N) is 3. The SMILES string of the molecule is O=C(NCC1NCCc2ccccc21)c1cc(=O)[nH]c2cc(F)ccc12. The first-order valence-electron chi connectivity index (χ1n) is 8.54. The number of H-pyrrole nitrogens is 1. The van der Waals surface area contributed by atoms with Gasteiger partial charge in [-0.25, -0.2) is 4.39 Å². The number of carbonyl (C=O) groups is 1. The molecule has 2 aromatic carbocycles. The zero-order valence-corrected chi connectivity index (χ0v) is 14.0. The molecule has 2 heterocycles. The predicted molar refractivity (Wildman–Crippen MR) is 97.7 cm³/mol. The molecule has 1 amide bonds. The first-order valence-corrected chi connectivity index (χ1v) is 8.54. The third-order valence-electron chi connectivity index (χ3n) is 4.73. The molecular weight excluding hydrogens is 333 g/mol. The van der Waals surface area contributed by atoms with Crippen molar-refractivity contribution in [2.45, 2.75) is 12.5 Å². The fourth-order valence-corrected chi connectivity index (χ4v) is 3.49. The minimum absolute atomic E-state index is 0.0228. The molecule has 6 heteroatoms. The second-order valence-electron chi connectivity index (χ2n) is 6.40. The predicted octanol–water partition coefficient (Wildman–Crippen LogP) is 2.28. The fourth-order valence-electron chi connectivity index (χ4n) is 3.49. The van der Waals surface area contributed by atoms with E-state index in [1.54, 1.807) is 0 Å². The second kappa shape index (κ2) is 6.72. The van der Waals surface area contributed by atoms with Crippen molar-refractivity contribution >= 4 is 16.8 Å². The minimum Gasteiger partial charge on any atom is -0.350 e. The molecule has 0 saturated carbocycles. The number of aromatic amines is 1. The van der Waals surface area contributed by atoms with Crippen molar-refractivity contribution in [3.8, 4) is 0 Å². The molecule has 3 N–H and O–H groups in total. The molecule has 0 radical (unpaired) electrons. The average molecular weight is 351 g/mol. The molecule has 0 aliphatic carbocycles. The van der Waals surface area contributed by atoms with Gasteiger partial charge in [-0.05, 0) is 42.3 Å². The van der Waals surface area contributed by atoms with Crippen LogP contribution in [-0.2, 0) is 6.42 Å². The Balaban J connectivity index is 1.58. The van der Waals surface area contributed by atoms with E-state index in [2.05, 4.69) is 27.8 Å². The van der Waals surface area contributed by atoms with Crippen LogP contribution in [0.25, 0.3) is 10.9 Å². The topological polar surface area (TPSA) is 74.0 Å². The zero-order valence-electron chi connectivity index (χ0n) is 14.0. The maximum Gasteiger partial charge on any atom is 0.252 e. The van der Waals surface area contributed by atoms with E-state index in [-0.39, 0.29) is 17.5 Å². The number of hydrogen-bond acceptors (Lipinski definition) is 3. The maximum absolute atomic E-state index is 13.4. The van der Waals surface area contributed by atoms with Gasteiger partial charge in [0.2, 0.25) is 5.56 Å². The van der Waals surface area contributed by atoms with Gasteiger partial charge in [0.05, 0.1) is 11.1 Å². The maximum atomic E-state index is 13.4. The Kier molecular flexibility index (Phi) is 4.26. The lowest BCUT2D eigenvalue weighted by atomic mass is 9.94. The second-order valence-corrected chi connectivity index (χ2v) is 6.40. The van der Waals surface area contributed by atoms with Crippen molar-refractivity contribution in [3.63, 3.8) is 0 Å². The van der Waals surface area contributed by atoms with Crippen LogP contribution < -0.4 is 16.2 Å². The van der Waals surface area contributed by atoms with Crippen molar-refractivity contribution in [3.05, 3.63) is 81.4 Å².